The van der Waals surface area contributed by atoms with Crippen LogP contribution in [0.1, 0.15) is 6.42 Å². The maximum atomic E-state index is 12.4. The first-order valence-corrected chi connectivity index (χ1v) is 7.68. The summed E-state index contributed by atoms with van der Waals surface area (Å²) in [4.78, 5) is 38.2. The first kappa shape index (κ1) is 15.6. The molecule has 2 fully saturated rings. The quantitative estimate of drug-likeness (QED) is 0.866. The number of likely N-dealkylation sites (tertiary alicyclic amines) is 1. The molecule has 2 N–H and O–H groups in total. The maximum Gasteiger partial charge on any atom is 0.318 e. The van der Waals surface area contributed by atoms with Crippen LogP contribution in [-0.4, -0.2) is 53.6 Å². The van der Waals surface area contributed by atoms with Gasteiger partial charge in [-0.15, -0.1) is 0 Å². The van der Waals surface area contributed by atoms with Gasteiger partial charge in [-0.2, -0.15) is 0 Å². The van der Waals surface area contributed by atoms with Gasteiger partial charge in [0.2, 0.25) is 5.91 Å². The number of amides is 3. The molecule has 0 spiro atoms. The molecule has 3 rings (SSSR count). The fourth-order valence-electron chi connectivity index (χ4n) is 2.76. The molecule has 0 radical (unpaired) electrons. The van der Waals surface area contributed by atoms with Crippen molar-refractivity contribution in [2.75, 3.05) is 24.5 Å². The number of carbonyl (C=O) groups is 3. The average molecular weight is 338 g/mol. The zero-order chi connectivity index (χ0) is 16.6. The largest absolute Gasteiger partial charge is 0.481 e. The third kappa shape index (κ3) is 3.10. The summed E-state index contributed by atoms with van der Waals surface area (Å²) in [6.07, 6.45) is 0.507. The molecule has 2 aliphatic rings. The van der Waals surface area contributed by atoms with Crippen molar-refractivity contribution < 1.29 is 19.5 Å². The lowest BCUT2D eigenvalue weighted by Crippen LogP contribution is -2.58. The molecule has 3 amide bonds. The molecule has 8 heteroatoms. The smallest absolute Gasteiger partial charge is 0.318 e. The Kier molecular flexibility index (Phi) is 4.12. The van der Waals surface area contributed by atoms with Gasteiger partial charge < -0.3 is 20.2 Å². The van der Waals surface area contributed by atoms with Crippen LogP contribution in [0.15, 0.2) is 24.3 Å². The number of carbonyl (C=O) groups excluding carboxylic acids is 2. The van der Waals surface area contributed by atoms with Gasteiger partial charge in [0.15, 0.2) is 0 Å². The van der Waals surface area contributed by atoms with Gasteiger partial charge in [-0.3, -0.25) is 9.59 Å². The minimum absolute atomic E-state index is 0.181. The molecule has 1 aromatic carbocycles. The number of anilines is 1. The van der Waals surface area contributed by atoms with E-state index in [-0.39, 0.29) is 19.0 Å². The molecule has 1 atom stereocenters. The van der Waals surface area contributed by atoms with Crippen LogP contribution in [0.5, 0.6) is 0 Å². The molecule has 2 aliphatic heterocycles. The van der Waals surface area contributed by atoms with Crippen LogP contribution >= 0.6 is 11.6 Å². The number of hydrogen-bond acceptors (Lipinski definition) is 3. The number of aliphatic carboxylic acids is 1. The molecule has 1 aromatic rings. The second-order valence-electron chi connectivity index (χ2n) is 5.70. The third-order valence-corrected chi connectivity index (χ3v) is 4.38. The monoisotopic (exact) mass is 337 g/mol. The highest BCUT2D eigenvalue weighted by Gasteiger charge is 2.39. The van der Waals surface area contributed by atoms with E-state index < -0.39 is 24.0 Å². The minimum Gasteiger partial charge on any atom is -0.481 e. The topological polar surface area (TPSA) is 89.9 Å². The predicted molar refractivity (Wildman–Crippen MR) is 83.4 cm³/mol. The van der Waals surface area contributed by atoms with Crippen molar-refractivity contribution in [2.45, 2.75) is 12.5 Å². The normalized spacial score (nSPS) is 21.3. The summed E-state index contributed by atoms with van der Waals surface area (Å²) in [6, 6.07) is 6.01. The summed E-state index contributed by atoms with van der Waals surface area (Å²) >= 11 is 5.94. The van der Waals surface area contributed by atoms with Crippen molar-refractivity contribution in [1.82, 2.24) is 10.2 Å². The molecule has 2 heterocycles. The van der Waals surface area contributed by atoms with Gasteiger partial charge >= 0.3 is 12.0 Å². The summed E-state index contributed by atoms with van der Waals surface area (Å²) in [5.74, 6) is -1.60. The second kappa shape index (κ2) is 6.08. The van der Waals surface area contributed by atoms with Gasteiger partial charge in [-0.25, -0.2) is 4.79 Å². The number of urea groups is 1. The van der Waals surface area contributed by atoms with Crippen LogP contribution in [0.3, 0.4) is 0 Å². The van der Waals surface area contributed by atoms with Crippen molar-refractivity contribution in [1.29, 1.82) is 0 Å². The highest BCUT2D eigenvalue weighted by molar-refractivity contribution is 6.31. The van der Waals surface area contributed by atoms with E-state index in [1.807, 2.05) is 0 Å². The van der Waals surface area contributed by atoms with Crippen molar-refractivity contribution >= 4 is 35.2 Å². The number of rotatable bonds is 3. The Morgan fingerprint density at radius 2 is 2.04 bits per heavy atom. The fraction of sp³-hybridized carbons (Fsp3) is 0.400. The molecular weight excluding hydrogens is 322 g/mol. The summed E-state index contributed by atoms with van der Waals surface area (Å²) in [7, 11) is 0. The Morgan fingerprint density at radius 1 is 1.30 bits per heavy atom. The average Bonchev–Trinajstić information content (AvgIpc) is 2.78. The predicted octanol–water partition coefficient (Wildman–Crippen LogP) is 1.17. The standard InChI is InChI=1S/C15H16ClN3O4/c16-10-2-1-3-11(6-10)19-5-4-12(13(19)20)17-15(23)18-7-9(8-18)14(21)22/h1-3,6,9,12H,4-5,7-8H2,(H,17,23)(H,21,22). The minimum atomic E-state index is -0.905. The van der Waals surface area contributed by atoms with E-state index in [0.29, 0.717) is 23.7 Å². The van der Waals surface area contributed by atoms with Crippen molar-refractivity contribution in [2.24, 2.45) is 5.92 Å². The Hall–Kier alpha value is -2.28. The maximum absolute atomic E-state index is 12.4. The zero-order valence-corrected chi connectivity index (χ0v) is 13.0. The van der Waals surface area contributed by atoms with Crippen molar-refractivity contribution in [3.05, 3.63) is 29.3 Å². The van der Waals surface area contributed by atoms with E-state index in [1.54, 1.807) is 29.2 Å². The zero-order valence-electron chi connectivity index (χ0n) is 12.2. The molecule has 0 saturated carbocycles. The molecule has 0 aromatic heterocycles. The third-order valence-electron chi connectivity index (χ3n) is 4.14. The second-order valence-corrected chi connectivity index (χ2v) is 6.14. The fourth-order valence-corrected chi connectivity index (χ4v) is 2.94. The lowest BCUT2D eigenvalue weighted by atomic mass is 10.0. The Bertz CT molecular complexity index is 660. The van der Waals surface area contributed by atoms with E-state index in [2.05, 4.69) is 5.32 Å². The van der Waals surface area contributed by atoms with Gasteiger partial charge in [0.25, 0.3) is 0 Å². The van der Waals surface area contributed by atoms with Crippen LogP contribution in [0.2, 0.25) is 5.02 Å². The summed E-state index contributed by atoms with van der Waals surface area (Å²) < 4.78 is 0. The number of benzene rings is 1. The number of carboxylic acid groups (broad SMARTS) is 1. The molecule has 7 nitrogen and oxygen atoms in total. The Labute approximate surface area is 137 Å². The molecule has 2 saturated heterocycles. The number of carboxylic acids is 1. The van der Waals surface area contributed by atoms with E-state index in [9.17, 15) is 14.4 Å². The van der Waals surface area contributed by atoms with E-state index in [0.717, 1.165) is 0 Å². The van der Waals surface area contributed by atoms with Crippen LogP contribution in [0.25, 0.3) is 0 Å². The molecule has 0 aliphatic carbocycles. The van der Waals surface area contributed by atoms with Crippen molar-refractivity contribution in [3.63, 3.8) is 0 Å². The lowest BCUT2D eigenvalue weighted by Gasteiger charge is -2.37. The molecule has 122 valence electrons. The molecule has 1 unspecified atom stereocenters. The number of hydrogen-bond donors (Lipinski definition) is 2. The Morgan fingerprint density at radius 3 is 2.70 bits per heavy atom. The van der Waals surface area contributed by atoms with E-state index in [1.165, 1.54) is 4.90 Å². The SMILES string of the molecule is O=C(O)C1CN(C(=O)NC2CCN(c3cccc(Cl)c3)C2=O)C1. The highest BCUT2D eigenvalue weighted by atomic mass is 35.5. The number of halogens is 1. The first-order chi connectivity index (χ1) is 11.0. The van der Waals surface area contributed by atoms with Gasteiger partial charge in [0.05, 0.1) is 5.92 Å². The lowest BCUT2D eigenvalue weighted by molar-refractivity contribution is -0.146. The summed E-state index contributed by atoms with van der Waals surface area (Å²) in [5, 5.41) is 12.0. The Balaban J connectivity index is 1.57. The van der Waals surface area contributed by atoms with Gasteiger partial charge in [0, 0.05) is 30.3 Å². The summed E-state index contributed by atoms with van der Waals surface area (Å²) in [5.41, 5.74) is 0.703. The van der Waals surface area contributed by atoms with Gasteiger partial charge in [0.1, 0.15) is 6.04 Å². The van der Waals surface area contributed by atoms with E-state index in [4.69, 9.17) is 16.7 Å². The van der Waals surface area contributed by atoms with Crippen molar-refractivity contribution in [3.8, 4) is 0 Å². The highest BCUT2D eigenvalue weighted by Crippen LogP contribution is 2.25. The van der Waals surface area contributed by atoms with Crippen LogP contribution in [-0.2, 0) is 9.59 Å². The number of nitrogens with one attached hydrogen (secondary N) is 1. The molecular formula is C15H16ClN3O4. The van der Waals surface area contributed by atoms with Gasteiger partial charge in [-0.05, 0) is 24.6 Å². The molecule has 0 bridgehead atoms. The number of nitrogens with zero attached hydrogens (tertiary/aromatic N) is 2. The summed E-state index contributed by atoms with van der Waals surface area (Å²) in [6.45, 7) is 0.863. The van der Waals surface area contributed by atoms with Gasteiger partial charge in [-0.1, -0.05) is 17.7 Å². The van der Waals surface area contributed by atoms with Crippen LogP contribution < -0.4 is 10.2 Å². The van der Waals surface area contributed by atoms with E-state index >= 15 is 0 Å². The van der Waals surface area contributed by atoms with Crippen LogP contribution in [0.4, 0.5) is 10.5 Å². The molecule has 23 heavy (non-hydrogen) atoms. The van der Waals surface area contributed by atoms with Crippen LogP contribution in [0, 0.1) is 5.92 Å². The first-order valence-electron chi connectivity index (χ1n) is 7.31.